The van der Waals surface area contributed by atoms with Crippen LogP contribution >= 0.6 is 0 Å². The van der Waals surface area contributed by atoms with E-state index in [1.165, 1.54) is 20.1 Å². The number of carbonyl (C=O) groups is 1. The topological polar surface area (TPSA) is 49.7 Å². The van der Waals surface area contributed by atoms with Crippen LogP contribution in [0.25, 0.3) is 0 Å². The number of nitrogens with zero attached hydrogens (tertiary/aromatic N) is 1. The van der Waals surface area contributed by atoms with Crippen LogP contribution in [0.3, 0.4) is 0 Å². The molecule has 0 spiro atoms. The summed E-state index contributed by atoms with van der Waals surface area (Å²) in [5.74, 6) is 0.167. The third-order valence-electron chi connectivity index (χ3n) is 0.768. The van der Waals surface area contributed by atoms with Gasteiger partial charge in [0.2, 0.25) is 0 Å². The molecular weight excluding hydrogens is 142 g/mol. The molecule has 0 saturated heterocycles. The zero-order valence-corrected chi connectivity index (χ0v) is 7.50. The summed E-state index contributed by atoms with van der Waals surface area (Å²) in [4.78, 5) is 9.44. The molecule has 0 radical (unpaired) electrons. The number of Topliss-reactive ketones (excluding diaryl/α,β-unsaturated/α-hetero) is 1. The third kappa shape index (κ3) is 47.3. The van der Waals surface area contributed by atoms with Gasteiger partial charge in [0, 0.05) is 6.21 Å². The number of unbranched alkanes of at least 4 members (excludes halogenated alkanes) is 2. The summed E-state index contributed by atoms with van der Waals surface area (Å²) < 4.78 is 0. The van der Waals surface area contributed by atoms with Crippen molar-refractivity contribution in [2.45, 2.75) is 40.0 Å². The largest absolute Gasteiger partial charge is 0.411 e. The number of carbonyl (C=O) groups excluding carboxylic acids is 1. The first kappa shape index (κ1) is 12.8. The van der Waals surface area contributed by atoms with Crippen molar-refractivity contribution in [2.75, 3.05) is 0 Å². The van der Waals surface area contributed by atoms with Crippen molar-refractivity contribution in [2.24, 2.45) is 5.16 Å². The molecule has 0 aliphatic carbocycles. The molecule has 0 aromatic heterocycles. The van der Waals surface area contributed by atoms with Crippen LogP contribution in [0.5, 0.6) is 0 Å². The molecule has 0 fully saturated rings. The average molecular weight is 159 g/mol. The van der Waals surface area contributed by atoms with E-state index in [1.807, 2.05) is 0 Å². The van der Waals surface area contributed by atoms with Crippen LogP contribution in [-0.4, -0.2) is 17.2 Å². The Morgan fingerprint density at radius 1 is 1.55 bits per heavy atom. The summed E-state index contributed by atoms with van der Waals surface area (Å²) in [6.07, 6.45) is 4.69. The minimum atomic E-state index is 0.167. The van der Waals surface area contributed by atoms with E-state index in [0.717, 1.165) is 19.3 Å². The van der Waals surface area contributed by atoms with Gasteiger partial charge in [-0.15, -0.1) is 5.16 Å². The van der Waals surface area contributed by atoms with E-state index >= 15 is 0 Å². The molecular formula is C8H17NO2. The molecule has 66 valence electrons. The lowest BCUT2D eigenvalue weighted by atomic mass is 10.3. The third-order valence-corrected chi connectivity index (χ3v) is 0.768. The van der Waals surface area contributed by atoms with Gasteiger partial charge in [-0.3, -0.25) is 0 Å². The van der Waals surface area contributed by atoms with Crippen LogP contribution in [-0.2, 0) is 4.79 Å². The van der Waals surface area contributed by atoms with E-state index in [9.17, 15) is 4.79 Å². The van der Waals surface area contributed by atoms with Crippen LogP contribution in [0, 0.1) is 0 Å². The zero-order valence-electron chi connectivity index (χ0n) is 7.50. The second-order valence-electron chi connectivity index (χ2n) is 2.35. The first-order valence-electron chi connectivity index (χ1n) is 3.78. The van der Waals surface area contributed by atoms with Crippen molar-refractivity contribution >= 4 is 12.0 Å². The molecule has 0 saturated carbocycles. The molecule has 0 bridgehead atoms. The minimum Gasteiger partial charge on any atom is -0.411 e. The zero-order chi connectivity index (χ0) is 9.11. The molecule has 0 aliphatic rings. The second kappa shape index (κ2) is 11.9. The van der Waals surface area contributed by atoms with Crippen LogP contribution < -0.4 is 0 Å². The number of hydrogen-bond acceptors (Lipinski definition) is 3. The van der Waals surface area contributed by atoms with Gasteiger partial charge in [-0.05, 0) is 26.7 Å². The lowest BCUT2D eigenvalue weighted by molar-refractivity contribution is -0.114. The Morgan fingerprint density at radius 2 is 2.00 bits per heavy atom. The fourth-order valence-corrected chi connectivity index (χ4v) is 0.353. The van der Waals surface area contributed by atoms with E-state index < -0.39 is 0 Å². The molecule has 11 heavy (non-hydrogen) atoms. The molecule has 0 unspecified atom stereocenters. The predicted molar refractivity (Wildman–Crippen MR) is 46.2 cm³/mol. The Balaban J connectivity index is 0. The Kier molecular flexibility index (Phi) is 13.8. The highest BCUT2D eigenvalue weighted by Gasteiger charge is 1.75. The molecule has 3 heteroatoms. The van der Waals surface area contributed by atoms with Crippen molar-refractivity contribution < 1.29 is 10.0 Å². The van der Waals surface area contributed by atoms with Gasteiger partial charge in [-0.2, -0.15) is 0 Å². The van der Waals surface area contributed by atoms with E-state index in [0.29, 0.717) is 0 Å². The smallest absolute Gasteiger partial charge is 0.126 e. The normalized spacial score (nSPS) is 9.00. The maximum Gasteiger partial charge on any atom is 0.126 e. The Labute approximate surface area is 68.1 Å². The highest BCUT2D eigenvalue weighted by atomic mass is 16.4. The van der Waals surface area contributed by atoms with Gasteiger partial charge in [-0.1, -0.05) is 13.3 Å². The van der Waals surface area contributed by atoms with Crippen LogP contribution in [0.15, 0.2) is 5.16 Å². The quantitative estimate of drug-likeness (QED) is 0.297. The highest BCUT2D eigenvalue weighted by Crippen LogP contribution is 1.88. The lowest BCUT2D eigenvalue weighted by Crippen LogP contribution is -1.72. The molecule has 0 aromatic rings. The standard InChI is InChI=1S/C5H11NO.C3H6O/c1-2-3-4-5-6-7;1-3(2)4/h5,7H,2-4H2,1H3;1-2H3. The maximum absolute atomic E-state index is 9.44. The van der Waals surface area contributed by atoms with Crippen molar-refractivity contribution in [3.8, 4) is 0 Å². The Bertz CT molecular complexity index is 107. The molecule has 0 atom stereocenters. The highest BCUT2D eigenvalue weighted by molar-refractivity contribution is 5.72. The van der Waals surface area contributed by atoms with Crippen molar-refractivity contribution in [3.05, 3.63) is 0 Å². The van der Waals surface area contributed by atoms with E-state index in [1.54, 1.807) is 0 Å². The molecule has 0 amide bonds. The summed E-state index contributed by atoms with van der Waals surface area (Å²) in [5.41, 5.74) is 0. The number of rotatable bonds is 3. The minimum absolute atomic E-state index is 0.167. The van der Waals surface area contributed by atoms with Gasteiger partial charge in [0.15, 0.2) is 0 Å². The first-order chi connectivity index (χ1) is 5.15. The van der Waals surface area contributed by atoms with E-state index in [2.05, 4.69) is 12.1 Å². The fraction of sp³-hybridized carbons (Fsp3) is 0.750. The van der Waals surface area contributed by atoms with Gasteiger partial charge >= 0.3 is 0 Å². The van der Waals surface area contributed by atoms with Crippen molar-refractivity contribution in [1.29, 1.82) is 0 Å². The first-order valence-corrected chi connectivity index (χ1v) is 3.78. The molecule has 0 aromatic carbocycles. The molecule has 0 aliphatic heterocycles. The SMILES string of the molecule is CC(C)=O.CCCCC=NO. The van der Waals surface area contributed by atoms with Crippen molar-refractivity contribution in [1.82, 2.24) is 0 Å². The van der Waals surface area contributed by atoms with Gasteiger partial charge in [0.25, 0.3) is 0 Å². The van der Waals surface area contributed by atoms with Crippen LogP contribution in [0.1, 0.15) is 40.0 Å². The molecule has 0 rings (SSSR count). The summed E-state index contributed by atoms with van der Waals surface area (Å²) in [6, 6.07) is 0. The maximum atomic E-state index is 9.44. The summed E-state index contributed by atoms with van der Waals surface area (Å²) in [5, 5.41) is 10.7. The van der Waals surface area contributed by atoms with Gasteiger partial charge < -0.3 is 10.0 Å². The molecule has 3 nitrogen and oxygen atoms in total. The van der Waals surface area contributed by atoms with E-state index in [-0.39, 0.29) is 5.78 Å². The monoisotopic (exact) mass is 159 g/mol. The second-order valence-corrected chi connectivity index (χ2v) is 2.35. The summed E-state index contributed by atoms with van der Waals surface area (Å²) in [6.45, 7) is 5.16. The average Bonchev–Trinajstić information content (AvgIpc) is 1.88. The molecule has 0 heterocycles. The number of oxime groups is 1. The van der Waals surface area contributed by atoms with E-state index in [4.69, 9.17) is 5.21 Å². The van der Waals surface area contributed by atoms with Gasteiger partial charge in [-0.25, -0.2) is 0 Å². The van der Waals surface area contributed by atoms with Crippen LogP contribution in [0.4, 0.5) is 0 Å². The van der Waals surface area contributed by atoms with Crippen molar-refractivity contribution in [3.63, 3.8) is 0 Å². The molecule has 1 N–H and O–H groups in total. The lowest BCUT2D eigenvalue weighted by Gasteiger charge is -1.82. The summed E-state index contributed by atoms with van der Waals surface area (Å²) >= 11 is 0. The predicted octanol–water partition coefficient (Wildman–Crippen LogP) is 2.23. The fourth-order valence-electron chi connectivity index (χ4n) is 0.353. The van der Waals surface area contributed by atoms with Gasteiger partial charge in [0.1, 0.15) is 5.78 Å². The van der Waals surface area contributed by atoms with Crippen LogP contribution in [0.2, 0.25) is 0 Å². The van der Waals surface area contributed by atoms with Gasteiger partial charge in [0.05, 0.1) is 0 Å². The Hall–Kier alpha value is -0.860. The summed E-state index contributed by atoms with van der Waals surface area (Å²) in [7, 11) is 0. The number of hydrogen-bond donors (Lipinski definition) is 1. The number of ketones is 1. The Morgan fingerprint density at radius 3 is 2.27 bits per heavy atom.